The van der Waals surface area contributed by atoms with Gasteiger partial charge >= 0.3 is 0 Å². The molecule has 1 aliphatic carbocycles. The van der Waals surface area contributed by atoms with E-state index in [1.807, 2.05) is 48.5 Å². The summed E-state index contributed by atoms with van der Waals surface area (Å²) < 4.78 is 0. The van der Waals surface area contributed by atoms with Crippen LogP contribution >= 0.6 is 0 Å². The van der Waals surface area contributed by atoms with Gasteiger partial charge in [0.25, 0.3) is 0 Å². The van der Waals surface area contributed by atoms with Gasteiger partial charge in [0.2, 0.25) is 5.91 Å². The van der Waals surface area contributed by atoms with Gasteiger partial charge in [-0.15, -0.1) is 0 Å². The molecule has 0 spiro atoms. The van der Waals surface area contributed by atoms with Crippen LogP contribution in [0.2, 0.25) is 0 Å². The Hall–Kier alpha value is -2.66. The fraction of sp³-hybridized carbons (Fsp3) is 0.300. The lowest BCUT2D eigenvalue weighted by atomic mass is 9.85. The van der Waals surface area contributed by atoms with Crippen LogP contribution in [0.15, 0.2) is 48.5 Å². The van der Waals surface area contributed by atoms with E-state index in [-0.39, 0.29) is 17.9 Å². The number of imidazole rings is 1. The van der Waals surface area contributed by atoms with Crippen molar-refractivity contribution < 1.29 is 4.79 Å². The lowest BCUT2D eigenvalue weighted by Crippen LogP contribution is -2.34. The predicted molar refractivity (Wildman–Crippen MR) is 100 cm³/mol. The Bertz CT molecular complexity index is 851. The summed E-state index contributed by atoms with van der Waals surface area (Å²) in [6.45, 7) is 0. The molecule has 0 radical (unpaired) electrons. The molecule has 4 N–H and O–H groups in total. The van der Waals surface area contributed by atoms with Crippen LogP contribution in [-0.4, -0.2) is 21.9 Å². The fourth-order valence-corrected chi connectivity index (χ4v) is 3.51. The fourth-order valence-electron chi connectivity index (χ4n) is 3.51. The number of H-pyrrole nitrogens is 1. The SMILES string of the molecule is NC1CCCC(C(=O)Nc2ccc(-c3nc4ccccc4[nH]3)cc2)C1. The lowest BCUT2D eigenvalue weighted by molar-refractivity contribution is -0.120. The van der Waals surface area contributed by atoms with Crippen molar-refractivity contribution in [1.82, 2.24) is 9.97 Å². The van der Waals surface area contributed by atoms with E-state index in [2.05, 4.69) is 15.3 Å². The van der Waals surface area contributed by atoms with Gasteiger partial charge in [-0.3, -0.25) is 4.79 Å². The number of amides is 1. The number of nitrogens with zero attached hydrogens (tertiary/aromatic N) is 1. The number of carbonyl (C=O) groups excluding carboxylic acids is 1. The number of anilines is 1. The van der Waals surface area contributed by atoms with E-state index >= 15 is 0 Å². The number of aromatic nitrogens is 2. The average molecular weight is 334 g/mol. The number of hydrogen-bond acceptors (Lipinski definition) is 3. The molecule has 2 unspecified atom stereocenters. The Morgan fingerprint density at radius 1 is 1.12 bits per heavy atom. The minimum absolute atomic E-state index is 0.0267. The van der Waals surface area contributed by atoms with Gasteiger partial charge in [0, 0.05) is 23.2 Å². The first-order chi connectivity index (χ1) is 12.2. The van der Waals surface area contributed by atoms with Gasteiger partial charge in [0.15, 0.2) is 0 Å². The third-order valence-corrected chi connectivity index (χ3v) is 4.90. The molecular weight excluding hydrogens is 312 g/mol. The van der Waals surface area contributed by atoms with Crippen molar-refractivity contribution in [2.75, 3.05) is 5.32 Å². The number of carbonyl (C=O) groups is 1. The van der Waals surface area contributed by atoms with Gasteiger partial charge in [0.1, 0.15) is 5.82 Å². The molecule has 1 fully saturated rings. The Balaban J connectivity index is 1.47. The van der Waals surface area contributed by atoms with E-state index in [1.165, 1.54) is 0 Å². The molecule has 128 valence electrons. The quantitative estimate of drug-likeness (QED) is 0.683. The second kappa shape index (κ2) is 6.69. The van der Waals surface area contributed by atoms with E-state index in [4.69, 9.17) is 5.73 Å². The van der Waals surface area contributed by atoms with Crippen molar-refractivity contribution in [3.8, 4) is 11.4 Å². The number of aromatic amines is 1. The molecule has 2 atom stereocenters. The second-order valence-electron chi connectivity index (χ2n) is 6.79. The molecule has 0 aliphatic heterocycles. The highest BCUT2D eigenvalue weighted by atomic mass is 16.1. The molecule has 1 heterocycles. The van der Waals surface area contributed by atoms with Crippen molar-refractivity contribution in [2.24, 2.45) is 11.7 Å². The third-order valence-electron chi connectivity index (χ3n) is 4.90. The summed E-state index contributed by atoms with van der Waals surface area (Å²) in [7, 11) is 0. The van der Waals surface area contributed by atoms with Crippen LogP contribution < -0.4 is 11.1 Å². The number of nitrogens with two attached hydrogens (primary N) is 1. The highest BCUT2D eigenvalue weighted by Gasteiger charge is 2.25. The normalized spacial score (nSPS) is 20.5. The van der Waals surface area contributed by atoms with Crippen LogP contribution in [0.1, 0.15) is 25.7 Å². The van der Waals surface area contributed by atoms with Crippen molar-refractivity contribution >= 4 is 22.6 Å². The monoisotopic (exact) mass is 334 g/mol. The maximum Gasteiger partial charge on any atom is 0.227 e. The number of nitrogens with one attached hydrogen (secondary N) is 2. The van der Waals surface area contributed by atoms with Crippen molar-refractivity contribution in [3.05, 3.63) is 48.5 Å². The minimum atomic E-state index is 0.0267. The number of hydrogen-bond donors (Lipinski definition) is 3. The largest absolute Gasteiger partial charge is 0.338 e. The molecule has 1 aromatic heterocycles. The van der Waals surface area contributed by atoms with Crippen LogP contribution in [0, 0.1) is 5.92 Å². The molecule has 5 nitrogen and oxygen atoms in total. The van der Waals surface area contributed by atoms with E-state index < -0.39 is 0 Å². The molecule has 1 aliphatic rings. The number of benzene rings is 2. The topological polar surface area (TPSA) is 83.8 Å². The van der Waals surface area contributed by atoms with Crippen LogP contribution in [0.5, 0.6) is 0 Å². The maximum absolute atomic E-state index is 12.4. The Labute approximate surface area is 146 Å². The smallest absolute Gasteiger partial charge is 0.227 e. The summed E-state index contributed by atoms with van der Waals surface area (Å²) in [6, 6.07) is 15.9. The van der Waals surface area contributed by atoms with E-state index in [0.717, 1.165) is 53.8 Å². The molecule has 0 bridgehead atoms. The molecule has 0 saturated heterocycles. The summed E-state index contributed by atoms with van der Waals surface area (Å²) in [4.78, 5) is 20.3. The van der Waals surface area contributed by atoms with Gasteiger partial charge in [-0.25, -0.2) is 4.98 Å². The first-order valence-electron chi connectivity index (χ1n) is 8.81. The van der Waals surface area contributed by atoms with E-state index in [1.54, 1.807) is 0 Å². The summed E-state index contributed by atoms with van der Waals surface area (Å²) in [5.41, 5.74) is 9.75. The highest BCUT2D eigenvalue weighted by Crippen LogP contribution is 2.26. The van der Waals surface area contributed by atoms with Crippen LogP contribution in [0.25, 0.3) is 22.4 Å². The molecule has 25 heavy (non-hydrogen) atoms. The van der Waals surface area contributed by atoms with Crippen molar-refractivity contribution in [3.63, 3.8) is 0 Å². The first-order valence-corrected chi connectivity index (χ1v) is 8.81. The molecular formula is C20H22N4O. The number of rotatable bonds is 3. The van der Waals surface area contributed by atoms with E-state index in [9.17, 15) is 4.79 Å². The van der Waals surface area contributed by atoms with Gasteiger partial charge in [-0.1, -0.05) is 18.6 Å². The van der Waals surface area contributed by atoms with Gasteiger partial charge in [0.05, 0.1) is 11.0 Å². The summed E-state index contributed by atoms with van der Waals surface area (Å²) in [5.74, 6) is 0.933. The van der Waals surface area contributed by atoms with Crippen LogP contribution in [0.3, 0.4) is 0 Å². The Morgan fingerprint density at radius 2 is 1.92 bits per heavy atom. The second-order valence-corrected chi connectivity index (χ2v) is 6.79. The first kappa shape index (κ1) is 15.8. The maximum atomic E-state index is 12.4. The van der Waals surface area contributed by atoms with Crippen molar-refractivity contribution in [2.45, 2.75) is 31.7 Å². The molecule has 5 heteroatoms. The summed E-state index contributed by atoms with van der Waals surface area (Å²) in [5, 5.41) is 3.01. The van der Waals surface area contributed by atoms with Crippen LogP contribution in [0.4, 0.5) is 5.69 Å². The molecule has 1 saturated carbocycles. The Kier molecular flexibility index (Phi) is 4.24. The number of fused-ring (bicyclic) bond motifs is 1. The van der Waals surface area contributed by atoms with Crippen LogP contribution in [-0.2, 0) is 4.79 Å². The standard InChI is InChI=1S/C20H22N4O/c21-15-5-3-4-14(12-15)20(25)22-16-10-8-13(9-11-16)19-23-17-6-1-2-7-18(17)24-19/h1-2,6-11,14-15H,3-5,12,21H2,(H,22,25)(H,23,24). The molecule has 4 rings (SSSR count). The molecule has 1 amide bonds. The highest BCUT2D eigenvalue weighted by molar-refractivity contribution is 5.93. The number of para-hydroxylation sites is 2. The summed E-state index contributed by atoms with van der Waals surface area (Å²) in [6.07, 6.45) is 3.76. The summed E-state index contributed by atoms with van der Waals surface area (Å²) >= 11 is 0. The van der Waals surface area contributed by atoms with Gasteiger partial charge < -0.3 is 16.0 Å². The Morgan fingerprint density at radius 3 is 2.68 bits per heavy atom. The lowest BCUT2D eigenvalue weighted by Gasteiger charge is -2.25. The average Bonchev–Trinajstić information content (AvgIpc) is 3.06. The molecule has 2 aromatic carbocycles. The van der Waals surface area contributed by atoms with Gasteiger partial charge in [-0.05, 0) is 55.7 Å². The zero-order chi connectivity index (χ0) is 17.2. The zero-order valence-electron chi connectivity index (χ0n) is 14.0. The van der Waals surface area contributed by atoms with Gasteiger partial charge in [-0.2, -0.15) is 0 Å². The third kappa shape index (κ3) is 3.42. The minimum Gasteiger partial charge on any atom is -0.338 e. The zero-order valence-corrected chi connectivity index (χ0v) is 14.0. The van der Waals surface area contributed by atoms with E-state index in [0.29, 0.717) is 0 Å². The molecule has 3 aromatic rings. The van der Waals surface area contributed by atoms with Crippen molar-refractivity contribution in [1.29, 1.82) is 0 Å². The predicted octanol–water partition coefficient (Wildman–Crippen LogP) is 3.69.